The van der Waals surface area contributed by atoms with Gasteiger partial charge in [-0.2, -0.15) is 0 Å². The van der Waals surface area contributed by atoms with Gasteiger partial charge in [-0.05, 0) is 54.1 Å². The molecule has 1 aliphatic heterocycles. The van der Waals surface area contributed by atoms with Gasteiger partial charge in [-0.1, -0.05) is 35.9 Å². The highest BCUT2D eigenvalue weighted by Crippen LogP contribution is 2.37. The molecule has 6 heteroatoms. The lowest BCUT2D eigenvalue weighted by molar-refractivity contribution is 0.0981. The molecule has 0 spiro atoms. The first kappa shape index (κ1) is 20.1. The summed E-state index contributed by atoms with van der Waals surface area (Å²) in [5, 5.41) is 0.456. The van der Waals surface area contributed by atoms with Crippen molar-refractivity contribution in [3.8, 4) is 0 Å². The standard InChI is InChI=1S/C24H18ClFN2O2/c1-30-14-17-6-4-5-16(27-17)10-12-22-23(18-7-2-3-8-20(18)25)24(29)19-13-15(26)9-11-21(19)28-22/h2-13,23H,14H2,1H3. The first-order valence-corrected chi connectivity index (χ1v) is 9.74. The van der Waals surface area contributed by atoms with Gasteiger partial charge in [0.1, 0.15) is 5.82 Å². The van der Waals surface area contributed by atoms with Crippen molar-refractivity contribution in [2.24, 2.45) is 4.99 Å². The molecule has 30 heavy (non-hydrogen) atoms. The summed E-state index contributed by atoms with van der Waals surface area (Å²) in [6, 6.07) is 16.8. The zero-order valence-corrected chi connectivity index (χ0v) is 16.9. The topological polar surface area (TPSA) is 51.5 Å². The van der Waals surface area contributed by atoms with E-state index in [4.69, 9.17) is 16.3 Å². The molecule has 1 unspecified atom stereocenters. The molecule has 2 heterocycles. The molecule has 0 N–H and O–H groups in total. The number of rotatable bonds is 5. The highest BCUT2D eigenvalue weighted by atomic mass is 35.5. The molecule has 150 valence electrons. The molecule has 0 amide bonds. The van der Waals surface area contributed by atoms with Crippen molar-refractivity contribution in [3.05, 3.63) is 100 Å². The van der Waals surface area contributed by atoms with E-state index in [1.54, 1.807) is 37.5 Å². The molecule has 0 saturated heterocycles. The van der Waals surface area contributed by atoms with Crippen LogP contribution in [0.4, 0.5) is 10.1 Å². The Balaban J connectivity index is 1.79. The highest BCUT2D eigenvalue weighted by molar-refractivity contribution is 6.33. The number of benzene rings is 2. The molecule has 0 fully saturated rings. The first-order chi connectivity index (χ1) is 14.6. The average molecular weight is 421 g/mol. The molecular weight excluding hydrogens is 403 g/mol. The third kappa shape index (κ3) is 4.08. The predicted octanol–water partition coefficient (Wildman–Crippen LogP) is 5.79. The lowest BCUT2D eigenvalue weighted by Gasteiger charge is -2.23. The van der Waals surface area contributed by atoms with Gasteiger partial charge in [-0.3, -0.25) is 14.8 Å². The zero-order valence-electron chi connectivity index (χ0n) is 16.2. The minimum atomic E-state index is -0.730. The van der Waals surface area contributed by atoms with E-state index in [0.29, 0.717) is 34.3 Å². The minimum absolute atomic E-state index is 0.242. The van der Waals surface area contributed by atoms with E-state index in [-0.39, 0.29) is 11.3 Å². The van der Waals surface area contributed by atoms with Crippen LogP contribution >= 0.6 is 11.6 Å². The number of hydrogen-bond acceptors (Lipinski definition) is 4. The normalized spacial score (nSPS) is 15.9. The lowest BCUT2D eigenvalue weighted by Crippen LogP contribution is -2.25. The number of hydrogen-bond donors (Lipinski definition) is 0. The number of halogens is 2. The summed E-state index contributed by atoms with van der Waals surface area (Å²) >= 11 is 6.39. The molecule has 3 aromatic rings. The molecule has 0 saturated carbocycles. The molecular formula is C24H18ClFN2O2. The molecule has 4 nitrogen and oxygen atoms in total. The van der Waals surface area contributed by atoms with Gasteiger partial charge in [0.15, 0.2) is 5.78 Å². The number of aromatic nitrogens is 1. The molecule has 1 aliphatic rings. The van der Waals surface area contributed by atoms with Crippen molar-refractivity contribution in [2.45, 2.75) is 12.5 Å². The van der Waals surface area contributed by atoms with Gasteiger partial charge < -0.3 is 4.74 Å². The summed E-state index contributed by atoms with van der Waals surface area (Å²) in [7, 11) is 1.61. The number of ketones is 1. The van der Waals surface area contributed by atoms with E-state index >= 15 is 0 Å². The largest absolute Gasteiger partial charge is 0.378 e. The maximum atomic E-state index is 13.8. The molecule has 1 atom stereocenters. The number of methoxy groups -OCH3 is 1. The number of fused-ring (bicyclic) bond motifs is 1. The molecule has 0 radical (unpaired) electrons. The van der Waals surface area contributed by atoms with Gasteiger partial charge in [0, 0.05) is 17.7 Å². The van der Waals surface area contributed by atoms with Crippen molar-refractivity contribution in [1.29, 1.82) is 0 Å². The van der Waals surface area contributed by atoms with Crippen molar-refractivity contribution in [3.63, 3.8) is 0 Å². The molecule has 2 aromatic carbocycles. The summed E-state index contributed by atoms with van der Waals surface area (Å²) in [5.74, 6) is -1.45. The summed E-state index contributed by atoms with van der Waals surface area (Å²) in [5.41, 5.74) is 3.34. The second kappa shape index (κ2) is 8.69. The van der Waals surface area contributed by atoms with Gasteiger partial charge in [-0.15, -0.1) is 0 Å². The Hall–Kier alpha value is -3.15. The number of nitrogens with zero attached hydrogens (tertiary/aromatic N) is 2. The molecule has 0 bridgehead atoms. The van der Waals surface area contributed by atoms with Crippen LogP contribution in [0.3, 0.4) is 0 Å². The van der Waals surface area contributed by atoms with Crippen molar-refractivity contribution in [1.82, 2.24) is 4.98 Å². The third-order valence-electron chi connectivity index (χ3n) is 4.79. The predicted molar refractivity (Wildman–Crippen MR) is 116 cm³/mol. The number of carbonyl (C=O) groups is 1. The van der Waals surface area contributed by atoms with Crippen LogP contribution in [-0.4, -0.2) is 23.6 Å². The lowest BCUT2D eigenvalue weighted by atomic mass is 9.83. The van der Waals surface area contributed by atoms with E-state index < -0.39 is 11.7 Å². The summed E-state index contributed by atoms with van der Waals surface area (Å²) in [6.07, 6.45) is 3.56. The van der Waals surface area contributed by atoms with E-state index in [2.05, 4.69) is 9.98 Å². The number of pyridine rings is 1. The van der Waals surface area contributed by atoms with Gasteiger partial charge in [0.25, 0.3) is 0 Å². The highest BCUT2D eigenvalue weighted by Gasteiger charge is 2.33. The van der Waals surface area contributed by atoms with Crippen molar-refractivity contribution in [2.75, 3.05) is 7.11 Å². The number of ether oxygens (including phenoxy) is 1. The monoisotopic (exact) mass is 420 g/mol. The Morgan fingerprint density at radius 3 is 2.73 bits per heavy atom. The van der Waals surface area contributed by atoms with Gasteiger partial charge in [0.05, 0.1) is 35.3 Å². The second-order valence-corrected chi connectivity index (χ2v) is 7.24. The summed E-state index contributed by atoms with van der Waals surface area (Å²) < 4.78 is 18.9. The van der Waals surface area contributed by atoms with Crippen LogP contribution in [0.15, 0.2) is 71.7 Å². The molecule has 4 rings (SSSR count). The number of aliphatic imine (C=N–C) groups is 1. The van der Waals surface area contributed by atoms with Crippen LogP contribution in [-0.2, 0) is 11.3 Å². The first-order valence-electron chi connectivity index (χ1n) is 9.36. The van der Waals surface area contributed by atoms with Crippen LogP contribution in [0.1, 0.15) is 33.2 Å². The maximum absolute atomic E-state index is 13.8. The van der Waals surface area contributed by atoms with Gasteiger partial charge in [-0.25, -0.2) is 4.39 Å². The van der Waals surface area contributed by atoms with Crippen LogP contribution in [0.5, 0.6) is 0 Å². The fourth-order valence-electron chi connectivity index (χ4n) is 3.43. The summed E-state index contributed by atoms with van der Waals surface area (Å²) in [4.78, 5) is 22.5. The van der Waals surface area contributed by atoms with Crippen LogP contribution in [0.2, 0.25) is 5.02 Å². The SMILES string of the molecule is COCc1cccc(C=CC2=Nc3ccc(F)cc3C(=O)C2c2ccccc2Cl)n1. The Labute approximate surface area is 178 Å². The Morgan fingerprint density at radius 1 is 1.10 bits per heavy atom. The van der Waals surface area contributed by atoms with Gasteiger partial charge >= 0.3 is 0 Å². The third-order valence-corrected chi connectivity index (χ3v) is 5.14. The number of allylic oxidation sites excluding steroid dienone is 1. The molecule has 0 aliphatic carbocycles. The fraction of sp³-hybridized carbons (Fsp3) is 0.125. The van der Waals surface area contributed by atoms with E-state index in [1.807, 2.05) is 24.3 Å². The minimum Gasteiger partial charge on any atom is -0.378 e. The Morgan fingerprint density at radius 2 is 1.93 bits per heavy atom. The second-order valence-electron chi connectivity index (χ2n) is 6.84. The van der Waals surface area contributed by atoms with Crippen molar-refractivity contribution >= 4 is 34.9 Å². The molecule has 1 aromatic heterocycles. The van der Waals surface area contributed by atoms with Crippen LogP contribution in [0.25, 0.3) is 6.08 Å². The summed E-state index contributed by atoms with van der Waals surface area (Å²) in [6.45, 7) is 0.405. The van der Waals surface area contributed by atoms with E-state index in [9.17, 15) is 9.18 Å². The number of Topliss-reactive ketones (excluding diaryl/α,β-unsaturated/α-hetero) is 1. The number of carbonyl (C=O) groups excluding carboxylic acids is 1. The Bertz CT molecular complexity index is 1170. The van der Waals surface area contributed by atoms with Crippen LogP contribution in [0, 0.1) is 5.82 Å². The fourth-order valence-corrected chi connectivity index (χ4v) is 3.67. The smallest absolute Gasteiger partial charge is 0.178 e. The zero-order chi connectivity index (χ0) is 21.1. The maximum Gasteiger partial charge on any atom is 0.178 e. The average Bonchev–Trinajstić information content (AvgIpc) is 2.74. The Kier molecular flexibility index (Phi) is 5.84. The van der Waals surface area contributed by atoms with Crippen molar-refractivity contribution < 1.29 is 13.9 Å². The van der Waals surface area contributed by atoms with E-state index in [1.165, 1.54) is 18.2 Å². The van der Waals surface area contributed by atoms with Gasteiger partial charge in [0.2, 0.25) is 0 Å². The van der Waals surface area contributed by atoms with Crippen LogP contribution < -0.4 is 0 Å². The quantitative estimate of drug-likeness (QED) is 0.525. The van der Waals surface area contributed by atoms with E-state index in [0.717, 1.165) is 5.69 Å².